The van der Waals surface area contributed by atoms with Crippen LogP contribution in [0.2, 0.25) is 0 Å². The Hall–Kier alpha value is 0.625. The van der Waals surface area contributed by atoms with Crippen LogP contribution in [0, 0.1) is 35.6 Å². The molecule has 0 heterocycles. The van der Waals surface area contributed by atoms with Gasteiger partial charge >= 0.3 is 0 Å². The minimum Gasteiger partial charge on any atom is -0.481 e. The average molecular weight is 217 g/mol. The molecule has 1 radical (unpaired) electrons. The van der Waals surface area contributed by atoms with Crippen LogP contribution in [0.4, 0.5) is 0 Å². The molecule has 35 valence electrons. The van der Waals surface area contributed by atoms with Crippen molar-refractivity contribution in [3.05, 3.63) is 0 Å². The van der Waals surface area contributed by atoms with Crippen LogP contribution in [0.15, 0.2) is 0 Å². The van der Waals surface area contributed by atoms with E-state index in [1.165, 1.54) is 0 Å². The van der Waals surface area contributed by atoms with E-state index in [0.29, 0.717) is 0 Å². The molecule has 0 aliphatic carbocycles. The second-order valence-electron chi connectivity index (χ2n) is 0.519. The molecule has 4 heteroatoms. The van der Waals surface area contributed by atoms with E-state index in [2.05, 4.69) is 0 Å². The third kappa shape index (κ3) is 156. The maximum atomic E-state index is 9.00. The number of hydrogen-bond donors (Lipinski definition) is 1. The van der Waals surface area contributed by atoms with E-state index in [0.717, 1.165) is 6.92 Å². The van der Waals surface area contributed by atoms with Gasteiger partial charge in [-0.25, -0.2) is 0 Å². The van der Waals surface area contributed by atoms with Gasteiger partial charge in [0.15, 0.2) is 0 Å². The van der Waals surface area contributed by atoms with Gasteiger partial charge in [-0.3, -0.25) is 4.79 Å². The van der Waals surface area contributed by atoms with Crippen molar-refractivity contribution in [1.29, 1.82) is 0 Å². The number of aliphatic carboxylic acids is 1. The third-order valence-electron chi connectivity index (χ3n) is 0. The van der Waals surface area contributed by atoms with Crippen LogP contribution in [0.25, 0.3) is 0 Å². The minimum atomic E-state index is -0.833. The monoisotopic (exact) mass is 217 g/mol. The van der Waals surface area contributed by atoms with E-state index in [4.69, 9.17) is 9.90 Å². The van der Waals surface area contributed by atoms with Crippen molar-refractivity contribution in [1.82, 2.24) is 0 Å². The number of carbonyl (C=O) groups is 1. The van der Waals surface area contributed by atoms with Crippen molar-refractivity contribution in [3.63, 3.8) is 0 Å². The van der Waals surface area contributed by atoms with Gasteiger partial charge in [0.2, 0.25) is 0 Å². The summed E-state index contributed by atoms with van der Waals surface area (Å²) in [5.74, 6) is -0.833. The summed E-state index contributed by atoms with van der Waals surface area (Å²) in [6, 6.07) is 0. The maximum Gasteiger partial charge on any atom is 0.300 e. The van der Waals surface area contributed by atoms with Crippen LogP contribution in [-0.2, 0) is 4.79 Å². The van der Waals surface area contributed by atoms with Gasteiger partial charge in [0.25, 0.3) is 5.97 Å². The first-order valence-corrected chi connectivity index (χ1v) is 0.928. The molecular weight excluding hydrogens is 211 g/mol. The van der Waals surface area contributed by atoms with Crippen LogP contribution in [0.3, 0.4) is 0 Å². The molecule has 3 N–H and O–H groups in total. The van der Waals surface area contributed by atoms with Gasteiger partial charge in [0.05, 0.1) is 0 Å². The first kappa shape index (κ1) is 16.0. The Morgan fingerprint density at radius 1 is 1.67 bits per heavy atom. The van der Waals surface area contributed by atoms with E-state index in [-0.39, 0.29) is 41.1 Å². The fourth-order valence-corrected chi connectivity index (χ4v) is 0. The predicted molar refractivity (Wildman–Crippen MR) is 16.9 cm³/mol. The molecule has 0 saturated heterocycles. The van der Waals surface area contributed by atoms with E-state index >= 15 is 0 Å². The molecule has 0 saturated carbocycles. The van der Waals surface area contributed by atoms with Gasteiger partial charge in [-0.15, -0.1) is 0 Å². The summed E-state index contributed by atoms with van der Waals surface area (Å²) in [6.45, 7) is 1.08. The van der Waals surface area contributed by atoms with Crippen molar-refractivity contribution in [3.8, 4) is 0 Å². The Bertz CT molecular complexity index is 31.8. The van der Waals surface area contributed by atoms with E-state index in [1.807, 2.05) is 0 Å². The summed E-state index contributed by atoms with van der Waals surface area (Å²) >= 11 is 0. The van der Waals surface area contributed by atoms with E-state index < -0.39 is 5.97 Å². The van der Waals surface area contributed by atoms with Gasteiger partial charge in [-0.1, -0.05) is 0 Å². The van der Waals surface area contributed by atoms with Crippen molar-refractivity contribution in [2.24, 2.45) is 0 Å². The van der Waals surface area contributed by atoms with Crippen molar-refractivity contribution in [2.75, 3.05) is 0 Å². The normalized spacial score (nSPS) is 4.17. The van der Waals surface area contributed by atoms with Crippen molar-refractivity contribution >= 4 is 5.97 Å². The number of hydrogen-bond acceptors (Lipinski definition) is 1. The summed E-state index contributed by atoms with van der Waals surface area (Å²) in [5, 5.41) is 7.42. The van der Waals surface area contributed by atoms with Gasteiger partial charge in [-0.05, 0) is 0 Å². The Kier molecular flexibility index (Phi) is 24.3. The number of carboxylic acid groups (broad SMARTS) is 1. The van der Waals surface area contributed by atoms with Crippen molar-refractivity contribution in [2.45, 2.75) is 6.92 Å². The standard InChI is InChI=1S/C2H4O2.La.H2O/c1-2(3)4;;/h1H3,(H,3,4);;1H2. The Balaban J connectivity index is -0.0000000450. The minimum absolute atomic E-state index is 0. The largest absolute Gasteiger partial charge is 0.481 e. The maximum absolute atomic E-state index is 9.00. The first-order valence-electron chi connectivity index (χ1n) is 0.928. The van der Waals surface area contributed by atoms with Gasteiger partial charge in [0.1, 0.15) is 0 Å². The van der Waals surface area contributed by atoms with Crippen LogP contribution in [0.1, 0.15) is 6.92 Å². The fourth-order valence-electron chi connectivity index (χ4n) is 0. The molecule has 6 heavy (non-hydrogen) atoms. The number of carboxylic acids is 1. The Morgan fingerprint density at radius 3 is 1.67 bits per heavy atom. The quantitative estimate of drug-likeness (QED) is 0.580. The smallest absolute Gasteiger partial charge is 0.300 e. The second kappa shape index (κ2) is 9.16. The van der Waals surface area contributed by atoms with Crippen LogP contribution in [-0.4, -0.2) is 16.6 Å². The molecule has 0 amide bonds. The molecule has 0 aromatic rings. The molecule has 3 nitrogen and oxygen atoms in total. The SMILES string of the molecule is CC(=O)O.O.[La]. The Morgan fingerprint density at radius 2 is 1.67 bits per heavy atom. The van der Waals surface area contributed by atoms with Gasteiger partial charge < -0.3 is 10.6 Å². The van der Waals surface area contributed by atoms with Crippen LogP contribution in [0.5, 0.6) is 0 Å². The average Bonchev–Trinajstić information content (AvgIpc) is 0.811. The van der Waals surface area contributed by atoms with Gasteiger partial charge in [-0.2, -0.15) is 0 Å². The molecular formula is C2H6LaO3. The molecule has 0 aliphatic rings. The van der Waals surface area contributed by atoms with Crippen LogP contribution >= 0.6 is 0 Å². The topological polar surface area (TPSA) is 68.8 Å². The third-order valence-corrected chi connectivity index (χ3v) is 0. The molecule has 0 fully saturated rings. The van der Waals surface area contributed by atoms with Crippen molar-refractivity contribution < 1.29 is 51.0 Å². The Labute approximate surface area is 63.6 Å². The second-order valence-corrected chi connectivity index (χ2v) is 0.519. The molecule has 0 aromatic heterocycles. The summed E-state index contributed by atoms with van der Waals surface area (Å²) < 4.78 is 0. The summed E-state index contributed by atoms with van der Waals surface area (Å²) in [4.78, 5) is 9.00. The summed E-state index contributed by atoms with van der Waals surface area (Å²) in [6.07, 6.45) is 0. The molecule has 0 spiro atoms. The zero-order valence-electron chi connectivity index (χ0n) is 3.43. The van der Waals surface area contributed by atoms with Crippen LogP contribution < -0.4 is 0 Å². The van der Waals surface area contributed by atoms with Gasteiger partial charge in [0, 0.05) is 42.5 Å². The van der Waals surface area contributed by atoms with E-state index in [1.54, 1.807) is 0 Å². The summed E-state index contributed by atoms with van der Waals surface area (Å²) in [7, 11) is 0. The molecule has 0 aromatic carbocycles. The zero-order chi connectivity index (χ0) is 3.58. The predicted octanol–water partition coefficient (Wildman–Crippen LogP) is -0.734. The zero-order valence-corrected chi connectivity index (χ0v) is 7.06. The fraction of sp³-hybridized carbons (Fsp3) is 0.500. The number of rotatable bonds is 0. The molecule has 0 unspecified atom stereocenters. The molecule has 0 bridgehead atoms. The first-order chi connectivity index (χ1) is 1.73. The summed E-state index contributed by atoms with van der Waals surface area (Å²) in [5.41, 5.74) is 0. The molecule has 0 aliphatic heterocycles. The molecule has 0 atom stereocenters. The van der Waals surface area contributed by atoms with E-state index in [9.17, 15) is 0 Å². The molecule has 0 rings (SSSR count).